The number of nitrogens with zero attached hydrogens (tertiary/aromatic N) is 1. The van der Waals surface area contributed by atoms with Gasteiger partial charge in [0.25, 0.3) is 11.8 Å². The molecule has 0 aromatic carbocycles. The molecule has 2 rings (SSSR count). The van der Waals surface area contributed by atoms with Crippen LogP contribution in [-0.2, 0) is 19.2 Å². The summed E-state index contributed by atoms with van der Waals surface area (Å²) in [5.74, 6) is -2.16. The van der Waals surface area contributed by atoms with Crippen molar-refractivity contribution < 1.29 is 19.2 Å². The molecule has 1 N–H and O–H groups in total. The molecule has 6 nitrogen and oxygen atoms in total. The fourth-order valence-electron chi connectivity index (χ4n) is 1.47. The van der Waals surface area contributed by atoms with Gasteiger partial charge in [-0.1, -0.05) is 0 Å². The summed E-state index contributed by atoms with van der Waals surface area (Å²) < 4.78 is 0. The first kappa shape index (κ1) is 8.61. The van der Waals surface area contributed by atoms with Gasteiger partial charge in [-0.3, -0.25) is 29.4 Å². The molecule has 0 saturated carbocycles. The SMILES string of the molecule is O=C1CC(N2C(=O)C=CC2=O)C(=O)N1. The second kappa shape index (κ2) is 2.76. The fraction of sp³-hybridized carbons (Fsp3) is 0.250. The average molecular weight is 194 g/mol. The van der Waals surface area contributed by atoms with Gasteiger partial charge in [0.05, 0.1) is 6.42 Å². The van der Waals surface area contributed by atoms with Crippen molar-refractivity contribution in [3.05, 3.63) is 12.2 Å². The first-order valence-electron chi connectivity index (χ1n) is 3.98. The zero-order valence-corrected chi connectivity index (χ0v) is 7.02. The predicted octanol–water partition coefficient (Wildman–Crippen LogP) is -1.67. The minimum Gasteiger partial charge on any atom is -0.295 e. The van der Waals surface area contributed by atoms with Crippen LogP contribution in [0.15, 0.2) is 12.2 Å². The Kier molecular flexibility index (Phi) is 1.70. The van der Waals surface area contributed by atoms with E-state index in [2.05, 4.69) is 0 Å². The number of imide groups is 2. The summed E-state index contributed by atoms with van der Waals surface area (Å²) in [4.78, 5) is 45.1. The second-order valence-electron chi connectivity index (χ2n) is 3.01. The molecule has 6 heteroatoms. The first-order chi connectivity index (χ1) is 6.59. The quantitative estimate of drug-likeness (QED) is 0.506. The summed E-state index contributed by atoms with van der Waals surface area (Å²) >= 11 is 0. The third-order valence-corrected chi connectivity index (χ3v) is 2.10. The van der Waals surface area contributed by atoms with Crippen LogP contribution in [0.4, 0.5) is 0 Å². The summed E-state index contributed by atoms with van der Waals surface area (Å²) in [6.45, 7) is 0. The van der Waals surface area contributed by atoms with Crippen molar-refractivity contribution in [2.75, 3.05) is 0 Å². The van der Waals surface area contributed by atoms with Crippen LogP contribution >= 0.6 is 0 Å². The summed E-state index contributed by atoms with van der Waals surface area (Å²) in [5.41, 5.74) is 0. The molecule has 1 unspecified atom stereocenters. The molecule has 14 heavy (non-hydrogen) atoms. The molecule has 0 radical (unpaired) electrons. The second-order valence-corrected chi connectivity index (χ2v) is 3.01. The topological polar surface area (TPSA) is 83.6 Å². The molecule has 0 aromatic rings. The van der Waals surface area contributed by atoms with Gasteiger partial charge in [0, 0.05) is 12.2 Å². The molecule has 1 atom stereocenters. The van der Waals surface area contributed by atoms with E-state index in [9.17, 15) is 19.2 Å². The maximum Gasteiger partial charge on any atom is 0.254 e. The lowest BCUT2D eigenvalue weighted by molar-refractivity contribution is -0.143. The van der Waals surface area contributed by atoms with Gasteiger partial charge < -0.3 is 0 Å². The molecule has 0 aliphatic carbocycles. The zero-order chi connectivity index (χ0) is 10.3. The van der Waals surface area contributed by atoms with Crippen LogP contribution in [0.1, 0.15) is 6.42 Å². The average Bonchev–Trinajstić information content (AvgIpc) is 2.57. The summed E-state index contributed by atoms with van der Waals surface area (Å²) in [5, 5.41) is 2.03. The van der Waals surface area contributed by atoms with Gasteiger partial charge >= 0.3 is 0 Å². The van der Waals surface area contributed by atoms with Crippen LogP contribution in [0.5, 0.6) is 0 Å². The van der Waals surface area contributed by atoms with E-state index in [1.165, 1.54) is 0 Å². The zero-order valence-electron chi connectivity index (χ0n) is 7.02. The van der Waals surface area contributed by atoms with E-state index in [0.717, 1.165) is 17.1 Å². The highest BCUT2D eigenvalue weighted by Crippen LogP contribution is 2.15. The lowest BCUT2D eigenvalue weighted by Gasteiger charge is -2.17. The first-order valence-corrected chi connectivity index (χ1v) is 3.98. The van der Waals surface area contributed by atoms with Gasteiger partial charge in [-0.2, -0.15) is 0 Å². The molecule has 0 spiro atoms. The maximum absolute atomic E-state index is 11.2. The Morgan fingerprint density at radius 2 is 1.71 bits per heavy atom. The molecule has 2 aliphatic rings. The monoisotopic (exact) mass is 194 g/mol. The molecule has 0 aromatic heterocycles. The van der Waals surface area contributed by atoms with Crippen molar-refractivity contribution in [2.24, 2.45) is 0 Å². The number of carbonyl (C=O) groups is 4. The van der Waals surface area contributed by atoms with Crippen molar-refractivity contribution in [2.45, 2.75) is 12.5 Å². The molecule has 1 fully saturated rings. The number of hydrogen-bond donors (Lipinski definition) is 1. The lowest BCUT2D eigenvalue weighted by atomic mass is 10.2. The van der Waals surface area contributed by atoms with E-state index < -0.39 is 29.7 Å². The maximum atomic E-state index is 11.2. The summed E-state index contributed by atoms with van der Waals surface area (Å²) in [6.07, 6.45) is 2.02. The Bertz CT molecular complexity index is 367. The van der Waals surface area contributed by atoms with Crippen LogP contribution < -0.4 is 5.32 Å². The smallest absolute Gasteiger partial charge is 0.254 e. The number of amides is 4. The Morgan fingerprint density at radius 3 is 2.14 bits per heavy atom. The number of hydrogen-bond acceptors (Lipinski definition) is 4. The largest absolute Gasteiger partial charge is 0.295 e. The lowest BCUT2D eigenvalue weighted by Crippen LogP contribution is -2.44. The minimum atomic E-state index is -0.975. The van der Waals surface area contributed by atoms with Crippen LogP contribution in [0.25, 0.3) is 0 Å². The number of carbonyl (C=O) groups excluding carboxylic acids is 4. The van der Waals surface area contributed by atoms with Crippen molar-refractivity contribution in [3.63, 3.8) is 0 Å². The molecular formula is C8H6N2O4. The normalized spacial score (nSPS) is 26.3. The number of rotatable bonds is 1. The Labute approximate surface area is 78.5 Å². The van der Waals surface area contributed by atoms with Gasteiger partial charge in [-0.25, -0.2) is 0 Å². The molecule has 72 valence electrons. The minimum absolute atomic E-state index is 0.141. The highest BCUT2D eigenvalue weighted by molar-refractivity contribution is 6.17. The van der Waals surface area contributed by atoms with Gasteiger partial charge in [-0.15, -0.1) is 0 Å². The van der Waals surface area contributed by atoms with E-state index in [0.29, 0.717) is 0 Å². The van der Waals surface area contributed by atoms with Crippen LogP contribution in [0.3, 0.4) is 0 Å². The summed E-state index contributed by atoms with van der Waals surface area (Å²) in [7, 11) is 0. The van der Waals surface area contributed by atoms with Crippen molar-refractivity contribution >= 4 is 23.6 Å². The van der Waals surface area contributed by atoms with Gasteiger partial charge in [0.1, 0.15) is 6.04 Å². The van der Waals surface area contributed by atoms with E-state index in [-0.39, 0.29) is 6.42 Å². The number of nitrogens with one attached hydrogen (secondary N) is 1. The molecule has 1 saturated heterocycles. The van der Waals surface area contributed by atoms with Gasteiger partial charge in [-0.05, 0) is 0 Å². The van der Waals surface area contributed by atoms with E-state index >= 15 is 0 Å². The van der Waals surface area contributed by atoms with Gasteiger partial charge in [0.15, 0.2) is 0 Å². The Balaban J connectivity index is 2.24. The Morgan fingerprint density at radius 1 is 1.14 bits per heavy atom. The molecule has 0 bridgehead atoms. The van der Waals surface area contributed by atoms with Crippen molar-refractivity contribution in [3.8, 4) is 0 Å². The fourth-order valence-corrected chi connectivity index (χ4v) is 1.47. The third kappa shape index (κ3) is 1.12. The third-order valence-electron chi connectivity index (χ3n) is 2.10. The van der Waals surface area contributed by atoms with Crippen molar-refractivity contribution in [1.29, 1.82) is 0 Å². The van der Waals surface area contributed by atoms with Crippen LogP contribution in [0.2, 0.25) is 0 Å². The molecular weight excluding hydrogens is 188 g/mol. The molecule has 4 amide bonds. The van der Waals surface area contributed by atoms with Crippen LogP contribution in [0, 0.1) is 0 Å². The van der Waals surface area contributed by atoms with Gasteiger partial charge in [0.2, 0.25) is 11.8 Å². The van der Waals surface area contributed by atoms with E-state index in [1.807, 2.05) is 5.32 Å². The van der Waals surface area contributed by atoms with Crippen LogP contribution in [-0.4, -0.2) is 34.6 Å². The standard InChI is InChI=1S/C8H6N2O4/c11-5-3-4(8(14)9-5)10-6(12)1-2-7(10)13/h1-2,4H,3H2,(H,9,11,14). The van der Waals surface area contributed by atoms with Crippen molar-refractivity contribution in [1.82, 2.24) is 10.2 Å². The Hall–Kier alpha value is -1.98. The predicted molar refractivity (Wildman–Crippen MR) is 42.5 cm³/mol. The molecule has 2 heterocycles. The highest BCUT2D eigenvalue weighted by Gasteiger charge is 2.41. The highest BCUT2D eigenvalue weighted by atomic mass is 16.2. The summed E-state index contributed by atoms with van der Waals surface area (Å²) in [6, 6.07) is -0.975. The van der Waals surface area contributed by atoms with E-state index in [4.69, 9.17) is 0 Å². The van der Waals surface area contributed by atoms with E-state index in [1.54, 1.807) is 0 Å². The molecule has 2 aliphatic heterocycles.